The minimum Gasteiger partial charge on any atom is -0.236 e. The fourth-order valence-electron chi connectivity index (χ4n) is 0.481. The topological polar surface area (TPSA) is 73.8 Å². The average molecular weight is 135 g/mol. The van der Waals surface area contributed by atoms with E-state index >= 15 is 0 Å². The lowest BCUT2D eigenvalue weighted by Crippen LogP contribution is -1.67. The van der Waals surface area contributed by atoms with E-state index in [-0.39, 0.29) is 0 Å². The predicted molar refractivity (Wildman–Crippen MR) is 33.9 cm³/mol. The van der Waals surface area contributed by atoms with Crippen LogP contribution in [0.2, 0.25) is 0 Å². The number of rotatable bonds is 2. The van der Waals surface area contributed by atoms with Crippen LogP contribution < -0.4 is 0 Å². The maximum Gasteiger partial charge on any atom is 0.176 e. The average Bonchev–Trinajstić information content (AvgIpc) is 2.03. The molecule has 0 saturated heterocycles. The van der Waals surface area contributed by atoms with Gasteiger partial charge in [0.15, 0.2) is 5.82 Å². The molecule has 0 unspecified atom stereocenters. The van der Waals surface area contributed by atoms with Crippen LogP contribution in [0.25, 0.3) is 0 Å². The van der Waals surface area contributed by atoms with Gasteiger partial charge in [0.2, 0.25) is 0 Å². The zero-order valence-corrected chi connectivity index (χ0v) is 5.10. The number of pyridine rings is 1. The SMILES string of the molecule is N=NN=Nc1ccccn1. The molecule has 0 amide bonds. The molecule has 1 N–H and O–H groups in total. The summed E-state index contributed by atoms with van der Waals surface area (Å²) in [7, 11) is 0. The molecule has 1 aromatic heterocycles. The summed E-state index contributed by atoms with van der Waals surface area (Å²) >= 11 is 0. The number of aromatic nitrogens is 1. The molecule has 0 fully saturated rings. The second-order valence-corrected chi connectivity index (χ2v) is 1.48. The monoisotopic (exact) mass is 135 g/mol. The fraction of sp³-hybridized carbons (Fsp3) is 0. The Balaban J connectivity index is 2.76. The van der Waals surface area contributed by atoms with Crippen molar-refractivity contribution in [2.45, 2.75) is 0 Å². The van der Waals surface area contributed by atoms with Crippen molar-refractivity contribution in [3.05, 3.63) is 24.4 Å². The third-order valence-corrected chi connectivity index (χ3v) is 0.841. The van der Waals surface area contributed by atoms with Crippen molar-refractivity contribution in [3.8, 4) is 0 Å². The van der Waals surface area contributed by atoms with E-state index in [0.29, 0.717) is 5.82 Å². The van der Waals surface area contributed by atoms with Crippen molar-refractivity contribution in [3.63, 3.8) is 0 Å². The molecule has 5 heteroatoms. The second kappa shape index (κ2) is 3.39. The minimum absolute atomic E-state index is 0.457. The van der Waals surface area contributed by atoms with Gasteiger partial charge < -0.3 is 0 Å². The number of hydrogen-bond acceptors (Lipinski definition) is 3. The van der Waals surface area contributed by atoms with Crippen LogP contribution in [0, 0.1) is 5.53 Å². The molecule has 10 heavy (non-hydrogen) atoms. The van der Waals surface area contributed by atoms with E-state index in [1.165, 1.54) is 0 Å². The highest BCUT2D eigenvalue weighted by atomic mass is 15.4. The molecule has 0 saturated carbocycles. The van der Waals surface area contributed by atoms with Gasteiger partial charge in [-0.05, 0) is 22.6 Å². The summed E-state index contributed by atoms with van der Waals surface area (Å²) in [5.41, 5.74) is 6.29. The zero-order valence-electron chi connectivity index (χ0n) is 5.10. The number of nitrogens with zero attached hydrogens (tertiary/aromatic N) is 4. The summed E-state index contributed by atoms with van der Waals surface area (Å²) in [5.74, 6) is 0.457. The van der Waals surface area contributed by atoms with Crippen LogP contribution in [0.3, 0.4) is 0 Å². The Morgan fingerprint density at radius 3 is 2.90 bits per heavy atom. The van der Waals surface area contributed by atoms with Gasteiger partial charge in [-0.2, -0.15) is 5.53 Å². The Bertz CT molecular complexity index is 229. The van der Waals surface area contributed by atoms with Crippen LogP contribution in [-0.2, 0) is 0 Å². The van der Waals surface area contributed by atoms with Gasteiger partial charge in [-0.15, -0.1) is 5.11 Å². The summed E-state index contributed by atoms with van der Waals surface area (Å²) in [5, 5.41) is 9.28. The van der Waals surface area contributed by atoms with Crippen molar-refractivity contribution in [2.75, 3.05) is 0 Å². The lowest BCUT2D eigenvalue weighted by Gasteiger charge is -1.83. The van der Waals surface area contributed by atoms with Gasteiger partial charge in [-0.1, -0.05) is 6.07 Å². The van der Waals surface area contributed by atoms with Crippen molar-refractivity contribution in [1.82, 2.24) is 4.98 Å². The van der Waals surface area contributed by atoms with E-state index in [9.17, 15) is 0 Å². The molecule has 0 aliphatic heterocycles. The van der Waals surface area contributed by atoms with Crippen LogP contribution in [0.5, 0.6) is 0 Å². The standard InChI is InChI=1S/C5H5N5/c6-9-10-8-5-3-1-2-4-7-5/h1-4,6H. The van der Waals surface area contributed by atoms with Crippen LogP contribution in [0.15, 0.2) is 40.0 Å². The van der Waals surface area contributed by atoms with Crippen LogP contribution in [0.1, 0.15) is 0 Å². The van der Waals surface area contributed by atoms with Gasteiger partial charge in [-0.25, -0.2) is 4.98 Å². The second-order valence-electron chi connectivity index (χ2n) is 1.48. The van der Waals surface area contributed by atoms with Crippen LogP contribution in [0.4, 0.5) is 5.82 Å². The molecule has 0 aliphatic rings. The summed E-state index contributed by atoms with van der Waals surface area (Å²) < 4.78 is 0. The highest BCUT2D eigenvalue weighted by Gasteiger charge is 1.83. The van der Waals surface area contributed by atoms with Crippen molar-refractivity contribution in [2.24, 2.45) is 15.6 Å². The van der Waals surface area contributed by atoms with Gasteiger partial charge in [-0.3, -0.25) is 0 Å². The third-order valence-electron chi connectivity index (χ3n) is 0.841. The quantitative estimate of drug-likeness (QED) is 0.489. The molecule has 0 bridgehead atoms. The molecule has 50 valence electrons. The molecule has 1 aromatic rings. The highest BCUT2D eigenvalue weighted by Crippen LogP contribution is 2.04. The fourth-order valence-corrected chi connectivity index (χ4v) is 0.481. The van der Waals surface area contributed by atoms with Crippen LogP contribution >= 0.6 is 0 Å². The van der Waals surface area contributed by atoms with Crippen molar-refractivity contribution in [1.29, 1.82) is 5.53 Å². The van der Waals surface area contributed by atoms with E-state index in [2.05, 4.69) is 20.5 Å². The first kappa shape index (κ1) is 6.47. The summed E-state index contributed by atoms with van der Waals surface area (Å²) in [6.45, 7) is 0. The molecular weight excluding hydrogens is 130 g/mol. The number of hydrogen-bond donors (Lipinski definition) is 1. The van der Waals surface area contributed by atoms with Gasteiger partial charge in [0.1, 0.15) is 0 Å². The first-order chi connectivity index (χ1) is 4.93. The molecule has 1 rings (SSSR count). The van der Waals surface area contributed by atoms with E-state index in [1.54, 1.807) is 24.4 Å². The third kappa shape index (κ3) is 1.70. The van der Waals surface area contributed by atoms with E-state index in [0.717, 1.165) is 0 Å². The molecule has 0 atom stereocenters. The Kier molecular flexibility index (Phi) is 2.19. The van der Waals surface area contributed by atoms with E-state index < -0.39 is 0 Å². The molecule has 0 aliphatic carbocycles. The van der Waals surface area contributed by atoms with Gasteiger partial charge in [0, 0.05) is 6.20 Å². The van der Waals surface area contributed by atoms with Gasteiger partial charge in [0.05, 0.1) is 0 Å². The zero-order chi connectivity index (χ0) is 7.23. The normalized spacial score (nSPS) is 10.0. The molecule has 1 heterocycles. The summed E-state index contributed by atoms with van der Waals surface area (Å²) in [6, 6.07) is 5.23. The lowest BCUT2D eigenvalue weighted by atomic mass is 10.5. The minimum atomic E-state index is 0.457. The largest absolute Gasteiger partial charge is 0.236 e. The highest BCUT2D eigenvalue weighted by molar-refractivity contribution is 5.23. The molecule has 0 radical (unpaired) electrons. The molecule has 0 aromatic carbocycles. The van der Waals surface area contributed by atoms with Gasteiger partial charge >= 0.3 is 0 Å². The summed E-state index contributed by atoms with van der Waals surface area (Å²) in [4.78, 5) is 3.81. The predicted octanol–water partition coefficient (Wildman–Crippen LogP) is 2.11. The number of nitrogens with one attached hydrogen (secondary N) is 1. The molecule has 5 nitrogen and oxygen atoms in total. The van der Waals surface area contributed by atoms with E-state index in [4.69, 9.17) is 5.53 Å². The molecular formula is C5H5N5. The Morgan fingerprint density at radius 1 is 1.40 bits per heavy atom. The van der Waals surface area contributed by atoms with Crippen LogP contribution in [-0.4, -0.2) is 4.98 Å². The Hall–Kier alpha value is -1.65. The smallest absolute Gasteiger partial charge is 0.176 e. The van der Waals surface area contributed by atoms with E-state index in [1.807, 2.05) is 0 Å². The maximum absolute atomic E-state index is 6.29. The maximum atomic E-state index is 6.29. The Morgan fingerprint density at radius 2 is 2.30 bits per heavy atom. The first-order valence-electron chi connectivity index (χ1n) is 2.62. The van der Waals surface area contributed by atoms with Gasteiger partial charge in [0.25, 0.3) is 0 Å². The first-order valence-corrected chi connectivity index (χ1v) is 2.62. The molecule has 0 spiro atoms. The lowest BCUT2D eigenvalue weighted by molar-refractivity contribution is 0.901. The van der Waals surface area contributed by atoms with Crippen molar-refractivity contribution >= 4 is 5.82 Å². The Labute approximate surface area is 57.3 Å². The van der Waals surface area contributed by atoms with Crippen molar-refractivity contribution < 1.29 is 0 Å². The summed E-state index contributed by atoms with van der Waals surface area (Å²) in [6.07, 6.45) is 1.60.